The zero-order chi connectivity index (χ0) is 21.7. The van der Waals surface area contributed by atoms with E-state index < -0.39 is 5.82 Å². The van der Waals surface area contributed by atoms with Crippen molar-refractivity contribution in [1.82, 2.24) is 15.1 Å². The van der Waals surface area contributed by atoms with Crippen molar-refractivity contribution in [2.45, 2.75) is 32.9 Å². The van der Waals surface area contributed by atoms with Crippen LogP contribution in [0.4, 0.5) is 4.39 Å². The highest BCUT2D eigenvalue weighted by Gasteiger charge is 2.22. The third kappa shape index (κ3) is 5.50. The van der Waals surface area contributed by atoms with E-state index in [2.05, 4.69) is 24.1 Å². The van der Waals surface area contributed by atoms with Gasteiger partial charge in [-0.1, -0.05) is 11.6 Å². The first-order chi connectivity index (χ1) is 14.4. The summed E-state index contributed by atoms with van der Waals surface area (Å²) in [7, 11) is 1.83. The minimum absolute atomic E-state index is 0.0318. The summed E-state index contributed by atoms with van der Waals surface area (Å²) in [4.78, 5) is 17.5. The van der Waals surface area contributed by atoms with Gasteiger partial charge in [0.1, 0.15) is 17.3 Å². The molecule has 162 valence electrons. The van der Waals surface area contributed by atoms with Gasteiger partial charge in [-0.25, -0.2) is 4.39 Å². The van der Waals surface area contributed by atoms with E-state index in [9.17, 15) is 9.18 Å². The van der Waals surface area contributed by atoms with Crippen LogP contribution in [-0.2, 0) is 6.54 Å². The van der Waals surface area contributed by atoms with Crippen LogP contribution >= 0.6 is 11.6 Å². The molecule has 2 aromatic rings. The second-order valence-electron chi connectivity index (χ2n) is 7.81. The lowest BCUT2D eigenvalue weighted by atomic mass is 10.1. The molecule has 1 aliphatic rings. The average molecular weight is 434 g/mol. The van der Waals surface area contributed by atoms with Crippen LogP contribution in [0.5, 0.6) is 11.5 Å². The first kappa shape index (κ1) is 22.5. The lowest BCUT2D eigenvalue weighted by Gasteiger charge is -2.25. The Kier molecular flexibility index (Phi) is 7.69. The van der Waals surface area contributed by atoms with Crippen molar-refractivity contribution in [2.24, 2.45) is 0 Å². The van der Waals surface area contributed by atoms with Crippen molar-refractivity contribution < 1.29 is 13.9 Å². The maximum Gasteiger partial charge on any atom is 0.253 e. The van der Waals surface area contributed by atoms with Gasteiger partial charge in [-0.3, -0.25) is 9.69 Å². The molecule has 0 saturated carbocycles. The van der Waals surface area contributed by atoms with Crippen LogP contribution in [0.2, 0.25) is 5.02 Å². The maximum atomic E-state index is 13.3. The minimum Gasteiger partial charge on any atom is -0.455 e. The summed E-state index contributed by atoms with van der Waals surface area (Å²) in [5.74, 6) is 0.564. The van der Waals surface area contributed by atoms with Gasteiger partial charge in [0.15, 0.2) is 0 Å². The molecule has 0 atom stereocenters. The first-order valence-corrected chi connectivity index (χ1v) is 10.7. The molecule has 30 heavy (non-hydrogen) atoms. The third-order valence-electron chi connectivity index (χ3n) is 5.34. The van der Waals surface area contributed by atoms with Crippen LogP contribution in [-0.4, -0.2) is 55.0 Å². The molecule has 0 bridgehead atoms. The second kappa shape index (κ2) is 10.2. The molecule has 1 saturated heterocycles. The van der Waals surface area contributed by atoms with Crippen LogP contribution < -0.4 is 10.1 Å². The van der Waals surface area contributed by atoms with Crippen molar-refractivity contribution in [3.05, 3.63) is 58.4 Å². The van der Waals surface area contributed by atoms with Crippen molar-refractivity contribution in [2.75, 3.05) is 33.2 Å². The monoisotopic (exact) mass is 433 g/mol. The van der Waals surface area contributed by atoms with Gasteiger partial charge in [0.05, 0.1) is 5.02 Å². The standard InChI is InChI=1S/C23H29ClFN3O2/c1-16(2)27-9-4-10-28(12-11-27)23(29)17-5-7-21(18(13-17)15-26-3)30-22-8-6-19(25)14-20(22)24/h5-8,13-14,16,26H,4,9-12,15H2,1-3H3. The molecule has 1 N–H and O–H groups in total. The highest BCUT2D eigenvalue weighted by Crippen LogP contribution is 2.32. The van der Waals surface area contributed by atoms with Crippen LogP contribution in [0.15, 0.2) is 36.4 Å². The fourth-order valence-corrected chi connectivity index (χ4v) is 3.86. The SMILES string of the molecule is CNCc1cc(C(=O)N2CCCN(C(C)C)CC2)ccc1Oc1ccc(F)cc1Cl. The lowest BCUT2D eigenvalue weighted by Crippen LogP contribution is -2.37. The Bertz CT molecular complexity index is 891. The number of ether oxygens (including phenoxy) is 1. The van der Waals surface area contributed by atoms with Crippen LogP contribution in [0.25, 0.3) is 0 Å². The number of hydrogen-bond donors (Lipinski definition) is 1. The van der Waals surface area contributed by atoms with Gasteiger partial charge < -0.3 is 15.0 Å². The number of benzene rings is 2. The molecule has 1 aliphatic heterocycles. The highest BCUT2D eigenvalue weighted by atomic mass is 35.5. The number of rotatable bonds is 6. The molecule has 0 aromatic heterocycles. The van der Waals surface area contributed by atoms with Gasteiger partial charge in [0, 0.05) is 49.9 Å². The van der Waals surface area contributed by atoms with E-state index in [1.807, 2.05) is 18.0 Å². The number of nitrogens with zero attached hydrogens (tertiary/aromatic N) is 2. The summed E-state index contributed by atoms with van der Waals surface area (Å²) in [5.41, 5.74) is 1.47. The number of carbonyl (C=O) groups excluding carboxylic acids is 1. The van der Waals surface area contributed by atoms with E-state index in [-0.39, 0.29) is 10.9 Å². The normalized spacial score (nSPS) is 15.3. The number of hydrogen-bond acceptors (Lipinski definition) is 4. The maximum absolute atomic E-state index is 13.3. The number of nitrogens with one attached hydrogen (secondary N) is 1. The second-order valence-corrected chi connectivity index (χ2v) is 8.21. The Hall–Kier alpha value is -2.15. The van der Waals surface area contributed by atoms with Crippen molar-refractivity contribution >= 4 is 17.5 Å². The van der Waals surface area contributed by atoms with E-state index in [4.69, 9.17) is 16.3 Å². The Balaban J connectivity index is 1.79. The topological polar surface area (TPSA) is 44.8 Å². The van der Waals surface area contributed by atoms with Crippen LogP contribution in [0.1, 0.15) is 36.2 Å². The summed E-state index contributed by atoms with van der Waals surface area (Å²) >= 11 is 6.10. The number of carbonyl (C=O) groups is 1. The zero-order valence-corrected chi connectivity index (χ0v) is 18.5. The van der Waals surface area contributed by atoms with E-state index in [1.165, 1.54) is 18.2 Å². The molecule has 0 aliphatic carbocycles. The lowest BCUT2D eigenvalue weighted by molar-refractivity contribution is 0.0759. The predicted molar refractivity (Wildman–Crippen MR) is 118 cm³/mol. The van der Waals surface area contributed by atoms with E-state index in [0.29, 0.717) is 29.6 Å². The van der Waals surface area contributed by atoms with Gasteiger partial charge in [-0.15, -0.1) is 0 Å². The van der Waals surface area contributed by atoms with Gasteiger partial charge in [0.2, 0.25) is 0 Å². The van der Waals surface area contributed by atoms with Gasteiger partial charge in [-0.05, 0) is 63.7 Å². The molecule has 1 heterocycles. The van der Waals surface area contributed by atoms with E-state index in [1.54, 1.807) is 12.1 Å². The van der Waals surface area contributed by atoms with E-state index in [0.717, 1.165) is 38.2 Å². The average Bonchev–Trinajstić information content (AvgIpc) is 2.97. The highest BCUT2D eigenvalue weighted by molar-refractivity contribution is 6.32. The van der Waals surface area contributed by atoms with E-state index >= 15 is 0 Å². The van der Waals surface area contributed by atoms with Gasteiger partial charge >= 0.3 is 0 Å². The zero-order valence-electron chi connectivity index (χ0n) is 17.8. The number of halogens is 2. The van der Waals surface area contributed by atoms with Crippen molar-refractivity contribution in [3.63, 3.8) is 0 Å². The van der Waals surface area contributed by atoms with Gasteiger partial charge in [0.25, 0.3) is 5.91 Å². The summed E-state index contributed by atoms with van der Waals surface area (Å²) in [5, 5.41) is 3.30. The summed E-state index contributed by atoms with van der Waals surface area (Å²) in [6.07, 6.45) is 0.970. The molecular formula is C23H29ClFN3O2. The summed E-state index contributed by atoms with van der Waals surface area (Å²) < 4.78 is 19.2. The largest absolute Gasteiger partial charge is 0.455 e. The Labute approximate surface area is 182 Å². The Morgan fingerprint density at radius 3 is 2.60 bits per heavy atom. The Morgan fingerprint density at radius 2 is 1.90 bits per heavy atom. The molecule has 2 aromatic carbocycles. The molecule has 1 fully saturated rings. The van der Waals surface area contributed by atoms with Crippen molar-refractivity contribution in [1.29, 1.82) is 0 Å². The first-order valence-electron chi connectivity index (χ1n) is 10.3. The van der Waals surface area contributed by atoms with Crippen LogP contribution in [0, 0.1) is 5.82 Å². The van der Waals surface area contributed by atoms with Crippen LogP contribution in [0.3, 0.4) is 0 Å². The number of amides is 1. The molecule has 0 unspecified atom stereocenters. The van der Waals surface area contributed by atoms with Gasteiger partial charge in [-0.2, -0.15) is 0 Å². The quantitative estimate of drug-likeness (QED) is 0.726. The molecule has 0 radical (unpaired) electrons. The minimum atomic E-state index is -0.419. The summed E-state index contributed by atoms with van der Waals surface area (Å²) in [6.45, 7) is 8.28. The Morgan fingerprint density at radius 1 is 1.13 bits per heavy atom. The molecule has 1 amide bonds. The fourth-order valence-electron chi connectivity index (χ4n) is 3.66. The molecule has 7 heteroatoms. The molecule has 5 nitrogen and oxygen atoms in total. The smallest absolute Gasteiger partial charge is 0.253 e. The molecule has 3 rings (SSSR count). The van der Waals surface area contributed by atoms with Crippen molar-refractivity contribution in [3.8, 4) is 11.5 Å². The third-order valence-corrected chi connectivity index (χ3v) is 5.63. The fraction of sp³-hybridized carbons (Fsp3) is 0.435. The molecular weight excluding hydrogens is 405 g/mol. The predicted octanol–water partition coefficient (Wildman–Crippen LogP) is 4.55. The molecule has 0 spiro atoms. The summed E-state index contributed by atoms with van der Waals surface area (Å²) in [6, 6.07) is 9.91.